The normalized spacial score (nSPS) is 21.6. The monoisotopic (exact) mass is 252 g/mol. The third-order valence-electron chi connectivity index (χ3n) is 3.09. The highest BCUT2D eigenvalue weighted by Gasteiger charge is 2.16. The molecule has 2 N–H and O–H groups in total. The number of nitrogens with one attached hydrogen (secondary N) is 2. The highest BCUT2D eigenvalue weighted by atomic mass is 19.1. The van der Waals surface area contributed by atoms with Crippen molar-refractivity contribution in [2.24, 2.45) is 0 Å². The van der Waals surface area contributed by atoms with Crippen LogP contribution in [0.15, 0.2) is 18.2 Å². The van der Waals surface area contributed by atoms with Gasteiger partial charge in [-0.15, -0.1) is 0 Å². The minimum absolute atomic E-state index is 0.191. The molecule has 0 bridgehead atoms. The lowest BCUT2D eigenvalue weighted by Gasteiger charge is -2.27. The number of hydrogen-bond donors (Lipinski definition) is 2. The molecule has 0 spiro atoms. The Morgan fingerprint density at radius 1 is 1.50 bits per heavy atom. The van der Waals surface area contributed by atoms with E-state index in [1.807, 2.05) is 13.0 Å². The molecule has 2 atom stereocenters. The van der Waals surface area contributed by atoms with E-state index < -0.39 is 0 Å². The second-order valence-corrected chi connectivity index (χ2v) is 5.02. The number of rotatable bonds is 4. The maximum atomic E-state index is 13.3. The summed E-state index contributed by atoms with van der Waals surface area (Å²) in [5.41, 5.74) is 1.78. The third kappa shape index (κ3) is 3.96. The first-order valence-corrected chi connectivity index (χ1v) is 6.48. The molecule has 0 radical (unpaired) electrons. The predicted octanol–water partition coefficient (Wildman–Crippen LogP) is 2.31. The van der Waals surface area contributed by atoms with E-state index in [-0.39, 0.29) is 11.9 Å². The quantitative estimate of drug-likeness (QED) is 0.862. The van der Waals surface area contributed by atoms with Crippen LogP contribution in [0.2, 0.25) is 0 Å². The average Bonchev–Trinajstić information content (AvgIpc) is 2.28. The first-order chi connectivity index (χ1) is 8.63. The van der Waals surface area contributed by atoms with Crippen LogP contribution in [-0.2, 0) is 4.74 Å². The zero-order valence-electron chi connectivity index (χ0n) is 11.0. The first kappa shape index (κ1) is 13.3. The summed E-state index contributed by atoms with van der Waals surface area (Å²) in [5.74, 6) is -0.191. The van der Waals surface area contributed by atoms with Gasteiger partial charge in [0.1, 0.15) is 5.82 Å². The standard InChI is InChI=1S/C14H21FN2O/c1-10-5-12(15)8-13(6-10)17-11(2)7-14-9-18-4-3-16-14/h5-6,8,11,14,16-17H,3-4,7,9H2,1-2H3. The van der Waals surface area contributed by atoms with Crippen molar-refractivity contribution in [1.82, 2.24) is 5.32 Å². The van der Waals surface area contributed by atoms with Crippen LogP contribution in [0.4, 0.5) is 10.1 Å². The summed E-state index contributed by atoms with van der Waals surface area (Å²) < 4.78 is 18.7. The van der Waals surface area contributed by atoms with E-state index in [2.05, 4.69) is 17.6 Å². The zero-order chi connectivity index (χ0) is 13.0. The number of ether oxygens (including phenoxy) is 1. The smallest absolute Gasteiger partial charge is 0.125 e. The van der Waals surface area contributed by atoms with E-state index in [0.29, 0.717) is 6.04 Å². The van der Waals surface area contributed by atoms with Crippen molar-refractivity contribution >= 4 is 5.69 Å². The number of anilines is 1. The summed E-state index contributed by atoms with van der Waals surface area (Å²) in [5, 5.41) is 6.75. The summed E-state index contributed by atoms with van der Waals surface area (Å²) >= 11 is 0. The predicted molar refractivity (Wildman–Crippen MR) is 71.4 cm³/mol. The van der Waals surface area contributed by atoms with Gasteiger partial charge >= 0.3 is 0 Å². The Balaban J connectivity index is 1.87. The molecule has 3 nitrogen and oxygen atoms in total. The van der Waals surface area contributed by atoms with Crippen molar-refractivity contribution in [3.63, 3.8) is 0 Å². The Labute approximate surface area is 108 Å². The van der Waals surface area contributed by atoms with Gasteiger partial charge in [0, 0.05) is 24.3 Å². The lowest BCUT2D eigenvalue weighted by atomic mass is 10.1. The summed E-state index contributed by atoms with van der Waals surface area (Å²) in [6, 6.07) is 5.70. The Hall–Kier alpha value is -1.13. The lowest BCUT2D eigenvalue weighted by molar-refractivity contribution is 0.0731. The fourth-order valence-corrected chi connectivity index (χ4v) is 2.36. The molecule has 0 aromatic heterocycles. The molecule has 1 fully saturated rings. The minimum atomic E-state index is -0.191. The summed E-state index contributed by atoms with van der Waals surface area (Å²) in [6.45, 7) is 6.47. The number of aryl methyl sites for hydroxylation is 1. The molecule has 2 rings (SSSR count). The Morgan fingerprint density at radius 2 is 2.33 bits per heavy atom. The van der Waals surface area contributed by atoms with Crippen molar-refractivity contribution in [2.45, 2.75) is 32.4 Å². The topological polar surface area (TPSA) is 33.3 Å². The molecule has 1 saturated heterocycles. The van der Waals surface area contributed by atoms with Crippen molar-refractivity contribution < 1.29 is 9.13 Å². The molecule has 1 aliphatic heterocycles. The summed E-state index contributed by atoms with van der Waals surface area (Å²) in [4.78, 5) is 0. The van der Waals surface area contributed by atoms with Crippen LogP contribution in [-0.4, -0.2) is 31.8 Å². The maximum Gasteiger partial charge on any atom is 0.125 e. The van der Waals surface area contributed by atoms with Crippen molar-refractivity contribution in [1.29, 1.82) is 0 Å². The molecular formula is C14H21FN2O. The Morgan fingerprint density at radius 3 is 3.00 bits per heavy atom. The van der Waals surface area contributed by atoms with Gasteiger partial charge in [0.15, 0.2) is 0 Å². The van der Waals surface area contributed by atoms with Crippen molar-refractivity contribution in [3.05, 3.63) is 29.6 Å². The fraction of sp³-hybridized carbons (Fsp3) is 0.571. The van der Waals surface area contributed by atoms with E-state index in [1.54, 1.807) is 0 Å². The number of morpholine rings is 1. The molecular weight excluding hydrogens is 231 g/mol. The lowest BCUT2D eigenvalue weighted by Crippen LogP contribution is -2.43. The average molecular weight is 252 g/mol. The molecule has 4 heteroatoms. The van der Waals surface area contributed by atoms with Gasteiger partial charge in [0.2, 0.25) is 0 Å². The van der Waals surface area contributed by atoms with E-state index in [0.717, 1.165) is 37.4 Å². The van der Waals surface area contributed by atoms with Crippen LogP contribution >= 0.6 is 0 Å². The molecule has 18 heavy (non-hydrogen) atoms. The number of benzene rings is 1. The van der Waals surface area contributed by atoms with E-state index in [9.17, 15) is 4.39 Å². The fourth-order valence-electron chi connectivity index (χ4n) is 2.36. The molecule has 1 aromatic carbocycles. The zero-order valence-corrected chi connectivity index (χ0v) is 11.0. The molecule has 0 saturated carbocycles. The molecule has 1 aromatic rings. The largest absolute Gasteiger partial charge is 0.382 e. The van der Waals surface area contributed by atoms with Gasteiger partial charge in [-0.3, -0.25) is 0 Å². The molecule has 1 aliphatic rings. The molecule has 1 heterocycles. The van der Waals surface area contributed by atoms with Crippen LogP contribution < -0.4 is 10.6 Å². The van der Waals surface area contributed by atoms with Crippen molar-refractivity contribution in [3.8, 4) is 0 Å². The van der Waals surface area contributed by atoms with E-state index in [1.165, 1.54) is 12.1 Å². The highest BCUT2D eigenvalue weighted by Crippen LogP contribution is 2.16. The van der Waals surface area contributed by atoms with Gasteiger partial charge in [0.05, 0.1) is 13.2 Å². The number of halogens is 1. The van der Waals surface area contributed by atoms with Crippen LogP contribution in [0.5, 0.6) is 0 Å². The molecule has 2 unspecified atom stereocenters. The summed E-state index contributed by atoms with van der Waals surface area (Å²) in [6.07, 6.45) is 0.968. The third-order valence-corrected chi connectivity index (χ3v) is 3.09. The van der Waals surface area contributed by atoms with Crippen molar-refractivity contribution in [2.75, 3.05) is 25.1 Å². The molecule has 0 aliphatic carbocycles. The van der Waals surface area contributed by atoms with Gasteiger partial charge in [0.25, 0.3) is 0 Å². The van der Waals surface area contributed by atoms with Gasteiger partial charge < -0.3 is 15.4 Å². The minimum Gasteiger partial charge on any atom is -0.382 e. The SMILES string of the molecule is Cc1cc(F)cc(NC(C)CC2COCCN2)c1. The number of hydrogen-bond acceptors (Lipinski definition) is 3. The van der Waals surface area contributed by atoms with Crippen LogP contribution in [0, 0.1) is 12.7 Å². The van der Waals surface area contributed by atoms with Gasteiger partial charge in [-0.2, -0.15) is 0 Å². The van der Waals surface area contributed by atoms with Crippen LogP contribution in [0.1, 0.15) is 18.9 Å². The molecule has 0 amide bonds. The second kappa shape index (κ2) is 6.16. The van der Waals surface area contributed by atoms with E-state index >= 15 is 0 Å². The van der Waals surface area contributed by atoms with Gasteiger partial charge in [-0.05, 0) is 44.0 Å². The maximum absolute atomic E-state index is 13.3. The highest BCUT2D eigenvalue weighted by molar-refractivity contribution is 5.46. The Bertz CT molecular complexity index is 371. The Kier molecular flexibility index (Phi) is 4.55. The van der Waals surface area contributed by atoms with E-state index in [4.69, 9.17) is 4.74 Å². The van der Waals surface area contributed by atoms with Gasteiger partial charge in [-0.1, -0.05) is 0 Å². The summed E-state index contributed by atoms with van der Waals surface area (Å²) in [7, 11) is 0. The van der Waals surface area contributed by atoms with Crippen LogP contribution in [0.3, 0.4) is 0 Å². The van der Waals surface area contributed by atoms with Gasteiger partial charge in [-0.25, -0.2) is 4.39 Å². The second-order valence-electron chi connectivity index (χ2n) is 5.02. The van der Waals surface area contributed by atoms with Crippen LogP contribution in [0.25, 0.3) is 0 Å². The first-order valence-electron chi connectivity index (χ1n) is 6.48. The molecule has 100 valence electrons.